The summed E-state index contributed by atoms with van der Waals surface area (Å²) in [7, 11) is 0. The highest BCUT2D eigenvalue weighted by molar-refractivity contribution is 6.10. The van der Waals surface area contributed by atoms with Crippen LogP contribution < -0.4 is 15.4 Å². The van der Waals surface area contributed by atoms with Crippen LogP contribution in [0, 0.1) is 6.92 Å². The highest BCUT2D eigenvalue weighted by atomic mass is 16.5. The molecule has 0 radical (unpaired) electrons. The monoisotopic (exact) mass is 340 g/mol. The van der Waals surface area contributed by atoms with Gasteiger partial charge in [-0.2, -0.15) is 0 Å². The Labute approximate surface area is 145 Å². The van der Waals surface area contributed by atoms with Gasteiger partial charge in [0.05, 0.1) is 24.9 Å². The number of aryl methyl sites for hydroxylation is 1. The van der Waals surface area contributed by atoms with Gasteiger partial charge < -0.3 is 20.7 Å². The lowest BCUT2D eigenvalue weighted by molar-refractivity contribution is -0.118. The van der Waals surface area contributed by atoms with E-state index >= 15 is 0 Å². The maximum absolute atomic E-state index is 12.8. The molecule has 1 atom stereocenters. The lowest BCUT2D eigenvalue weighted by atomic mass is 10.1. The third-order valence-electron chi connectivity index (χ3n) is 3.93. The summed E-state index contributed by atoms with van der Waals surface area (Å²) in [5.74, 6) is 0.217. The van der Waals surface area contributed by atoms with Crippen LogP contribution in [-0.4, -0.2) is 35.4 Å². The van der Waals surface area contributed by atoms with Crippen molar-refractivity contribution in [1.82, 2.24) is 0 Å². The first-order chi connectivity index (χ1) is 12.0. The maximum atomic E-state index is 12.8. The Bertz CT molecular complexity index is 815. The third-order valence-corrected chi connectivity index (χ3v) is 3.93. The third kappa shape index (κ3) is 3.65. The van der Waals surface area contributed by atoms with E-state index < -0.39 is 18.6 Å². The minimum Gasteiger partial charge on any atom is -0.449 e. The summed E-state index contributed by atoms with van der Waals surface area (Å²) in [5, 5.41) is 18.9. The maximum Gasteiger partial charge on any atom is 0.294 e. The number of nitrogen functional groups attached to an aromatic ring is 1. The van der Waals surface area contributed by atoms with Crippen molar-refractivity contribution < 1.29 is 19.7 Å². The highest BCUT2D eigenvalue weighted by Gasteiger charge is 2.31. The van der Waals surface area contributed by atoms with Crippen LogP contribution in [0.3, 0.4) is 0 Å². The van der Waals surface area contributed by atoms with Gasteiger partial charge in [0.2, 0.25) is 0 Å². The Kier molecular flexibility index (Phi) is 4.74. The second kappa shape index (κ2) is 6.96. The second-order valence-corrected chi connectivity index (χ2v) is 6.00. The number of hydrogen-bond acceptors (Lipinski definition) is 5. The number of ether oxygens (including phenoxy) is 1. The first-order valence-electron chi connectivity index (χ1n) is 7.94. The molecule has 25 heavy (non-hydrogen) atoms. The van der Waals surface area contributed by atoms with Gasteiger partial charge in [-0.3, -0.25) is 9.69 Å². The van der Waals surface area contributed by atoms with Crippen molar-refractivity contribution in [3.63, 3.8) is 0 Å². The van der Waals surface area contributed by atoms with Crippen molar-refractivity contribution in [1.29, 1.82) is 0 Å². The van der Waals surface area contributed by atoms with Crippen molar-refractivity contribution in [2.24, 2.45) is 0 Å². The minimum atomic E-state index is -1.06. The molecule has 6 nitrogen and oxygen atoms in total. The van der Waals surface area contributed by atoms with E-state index in [1.54, 1.807) is 24.3 Å². The Morgan fingerprint density at radius 2 is 1.96 bits per heavy atom. The summed E-state index contributed by atoms with van der Waals surface area (Å²) in [6.07, 6.45) is 0.594. The number of benzene rings is 2. The summed E-state index contributed by atoms with van der Waals surface area (Å²) in [4.78, 5) is 14.2. The van der Waals surface area contributed by atoms with Gasteiger partial charge in [-0.05, 0) is 36.8 Å². The van der Waals surface area contributed by atoms with Crippen LogP contribution >= 0.6 is 0 Å². The van der Waals surface area contributed by atoms with Gasteiger partial charge in [-0.1, -0.05) is 29.8 Å². The summed E-state index contributed by atoms with van der Waals surface area (Å²) in [5.41, 5.74) is 8.70. The van der Waals surface area contributed by atoms with Crippen LogP contribution in [0.4, 0.5) is 11.4 Å². The van der Waals surface area contributed by atoms with Crippen LogP contribution in [-0.2, 0) is 4.79 Å². The van der Waals surface area contributed by atoms with Gasteiger partial charge in [-0.25, -0.2) is 0 Å². The number of anilines is 2. The van der Waals surface area contributed by atoms with E-state index in [0.29, 0.717) is 17.1 Å². The average Bonchev–Trinajstić information content (AvgIpc) is 2.60. The molecule has 1 amide bonds. The summed E-state index contributed by atoms with van der Waals surface area (Å²) in [6.45, 7) is 1.48. The number of carbonyl (C=O) groups excluding carboxylic acids is 1. The zero-order valence-corrected chi connectivity index (χ0v) is 13.8. The highest BCUT2D eigenvalue weighted by Crippen LogP contribution is 2.37. The lowest BCUT2D eigenvalue weighted by Gasteiger charge is -2.31. The number of aliphatic hydroxyl groups excluding tert-OH is 2. The smallest absolute Gasteiger partial charge is 0.294 e. The van der Waals surface area contributed by atoms with Gasteiger partial charge in [-0.15, -0.1) is 0 Å². The van der Waals surface area contributed by atoms with Gasteiger partial charge in [0.15, 0.2) is 11.5 Å². The molecule has 4 N–H and O–H groups in total. The molecule has 0 fully saturated rings. The molecule has 0 saturated carbocycles. The van der Waals surface area contributed by atoms with E-state index in [0.717, 1.165) is 11.1 Å². The molecule has 0 aliphatic carbocycles. The fraction of sp³-hybridized carbons (Fsp3) is 0.211. The summed E-state index contributed by atoms with van der Waals surface area (Å²) < 4.78 is 5.75. The minimum absolute atomic E-state index is 0.0552. The molecule has 0 aromatic heterocycles. The van der Waals surface area contributed by atoms with E-state index in [1.165, 1.54) is 4.90 Å². The van der Waals surface area contributed by atoms with Crippen LogP contribution in [0.15, 0.2) is 48.2 Å². The van der Waals surface area contributed by atoms with Gasteiger partial charge in [0, 0.05) is 5.69 Å². The molecular formula is C19H20N2O4. The fourth-order valence-corrected chi connectivity index (χ4v) is 2.59. The first-order valence-corrected chi connectivity index (χ1v) is 7.94. The number of nitrogens with zero attached hydrogens (tertiary/aromatic N) is 1. The average molecular weight is 340 g/mol. The SMILES string of the molecule is Cc1ccc(/C=C2/Oc3ccc(N)cc3N(CC(O)CO)C2=O)cc1. The number of hydrogen-bond donors (Lipinski definition) is 3. The number of rotatable bonds is 4. The van der Waals surface area contributed by atoms with Crippen molar-refractivity contribution >= 4 is 23.4 Å². The van der Waals surface area contributed by atoms with Crippen LogP contribution in [0.5, 0.6) is 5.75 Å². The number of carbonyl (C=O) groups is 1. The second-order valence-electron chi connectivity index (χ2n) is 6.00. The lowest BCUT2D eigenvalue weighted by Crippen LogP contribution is -2.43. The molecule has 130 valence electrons. The fourth-order valence-electron chi connectivity index (χ4n) is 2.59. The predicted molar refractivity (Wildman–Crippen MR) is 96.1 cm³/mol. The Hall–Kier alpha value is -2.83. The van der Waals surface area contributed by atoms with Crippen molar-refractivity contribution in [3.05, 3.63) is 59.4 Å². The normalized spacial score (nSPS) is 16.5. The molecule has 1 unspecified atom stereocenters. The molecule has 2 aromatic rings. The van der Waals surface area contributed by atoms with E-state index in [9.17, 15) is 9.90 Å². The number of amides is 1. The topological polar surface area (TPSA) is 96.0 Å². The number of nitrogens with two attached hydrogens (primary N) is 1. The summed E-state index contributed by atoms with van der Waals surface area (Å²) >= 11 is 0. The molecule has 0 saturated heterocycles. The van der Waals surface area contributed by atoms with Gasteiger partial charge in [0.25, 0.3) is 5.91 Å². The van der Waals surface area contributed by atoms with E-state index in [2.05, 4.69) is 0 Å². The summed E-state index contributed by atoms with van der Waals surface area (Å²) in [6, 6.07) is 12.6. The molecule has 0 spiro atoms. The van der Waals surface area contributed by atoms with Crippen LogP contribution in [0.25, 0.3) is 6.08 Å². The first kappa shape index (κ1) is 17.0. The van der Waals surface area contributed by atoms with E-state index in [1.807, 2.05) is 31.2 Å². The molecule has 2 aromatic carbocycles. The number of aliphatic hydroxyl groups is 2. The van der Waals surface area contributed by atoms with Crippen molar-refractivity contribution in [3.8, 4) is 5.75 Å². The molecule has 1 heterocycles. The largest absolute Gasteiger partial charge is 0.449 e. The van der Waals surface area contributed by atoms with E-state index in [4.69, 9.17) is 15.6 Å². The van der Waals surface area contributed by atoms with Crippen LogP contribution in [0.2, 0.25) is 0 Å². The molecule has 0 bridgehead atoms. The number of fused-ring (bicyclic) bond motifs is 1. The standard InChI is InChI=1S/C19H20N2O4/c1-12-2-4-13(5-3-12)8-18-19(24)21(10-15(23)11-22)16-9-14(20)6-7-17(16)25-18/h2-9,15,22-23H,10-11,20H2,1H3/b18-8+. The zero-order valence-electron chi connectivity index (χ0n) is 13.8. The molecule has 3 rings (SSSR count). The molecular weight excluding hydrogens is 320 g/mol. The van der Waals surface area contributed by atoms with Crippen molar-refractivity contribution in [2.45, 2.75) is 13.0 Å². The van der Waals surface area contributed by atoms with Crippen molar-refractivity contribution in [2.75, 3.05) is 23.8 Å². The Morgan fingerprint density at radius 1 is 1.24 bits per heavy atom. The predicted octanol–water partition coefficient (Wildman–Crippen LogP) is 1.70. The van der Waals surface area contributed by atoms with Crippen LogP contribution in [0.1, 0.15) is 11.1 Å². The quantitative estimate of drug-likeness (QED) is 0.581. The van der Waals surface area contributed by atoms with Gasteiger partial charge in [0.1, 0.15) is 0 Å². The zero-order chi connectivity index (χ0) is 18.0. The van der Waals surface area contributed by atoms with E-state index in [-0.39, 0.29) is 12.3 Å². The Morgan fingerprint density at radius 3 is 2.64 bits per heavy atom. The van der Waals surface area contributed by atoms with Gasteiger partial charge >= 0.3 is 0 Å². The molecule has 6 heteroatoms. The number of β-amino-alcohol motifs (C(OH)–C–C–N with tert-alkyl or cyclic N) is 1. The molecule has 1 aliphatic heterocycles. The molecule has 1 aliphatic rings. The Balaban J connectivity index is 2.01.